The summed E-state index contributed by atoms with van der Waals surface area (Å²) in [5, 5.41) is 0.253. The third-order valence-electron chi connectivity index (χ3n) is 4.89. The highest BCUT2D eigenvalue weighted by Gasteiger charge is 2.29. The number of hydrogen-bond donors (Lipinski definition) is 0. The summed E-state index contributed by atoms with van der Waals surface area (Å²) in [5.41, 5.74) is 3.53. The smallest absolute Gasteiger partial charge is 0.153 e. The summed E-state index contributed by atoms with van der Waals surface area (Å²) in [6, 6.07) is 13.0. The Hall–Kier alpha value is -1.36. The number of halogens is 1. The van der Waals surface area contributed by atoms with Crippen LogP contribution in [0.5, 0.6) is 0 Å². The fourth-order valence-corrected chi connectivity index (χ4v) is 5.15. The van der Waals surface area contributed by atoms with Crippen molar-refractivity contribution in [2.45, 2.75) is 43.3 Å². The van der Waals surface area contributed by atoms with Crippen LogP contribution in [-0.4, -0.2) is 34.3 Å². The molecular formula is C21H26FNOS. The van der Waals surface area contributed by atoms with Crippen molar-refractivity contribution in [2.24, 2.45) is 0 Å². The Morgan fingerprint density at radius 2 is 1.64 bits per heavy atom. The number of hydrogen-bond acceptors (Lipinski definition) is 2. The van der Waals surface area contributed by atoms with Gasteiger partial charge in [-0.15, -0.1) is 0 Å². The number of nitrogens with zero attached hydrogens (tertiary/aromatic N) is 1. The van der Waals surface area contributed by atoms with E-state index in [9.17, 15) is 8.94 Å². The van der Waals surface area contributed by atoms with Crippen LogP contribution in [0.25, 0.3) is 0 Å². The molecule has 1 aliphatic rings. The van der Waals surface area contributed by atoms with Crippen molar-refractivity contribution >= 4 is 11.2 Å². The highest BCUT2D eigenvalue weighted by atomic mass is 32.2. The second-order valence-electron chi connectivity index (χ2n) is 7.04. The zero-order chi connectivity index (χ0) is 17.8. The quantitative estimate of drug-likeness (QED) is 0.746. The molecule has 0 bridgehead atoms. The van der Waals surface area contributed by atoms with Gasteiger partial charge in [0.25, 0.3) is 0 Å². The highest BCUT2D eigenvalue weighted by molar-refractivity contribution is 7.92. The van der Waals surface area contributed by atoms with Gasteiger partial charge in [0.05, 0.1) is 0 Å². The van der Waals surface area contributed by atoms with Crippen molar-refractivity contribution in [1.82, 2.24) is 4.90 Å². The van der Waals surface area contributed by atoms with Crippen LogP contribution >= 0.6 is 0 Å². The van der Waals surface area contributed by atoms with Gasteiger partial charge in [-0.25, -0.2) is 4.39 Å². The van der Waals surface area contributed by atoms with Gasteiger partial charge in [0.15, 0.2) is 4.90 Å². The predicted octanol–water partition coefficient (Wildman–Crippen LogP) is 4.26. The summed E-state index contributed by atoms with van der Waals surface area (Å²) in [6.45, 7) is 7.08. The normalized spacial score (nSPS) is 17.6. The summed E-state index contributed by atoms with van der Waals surface area (Å²) in [6.07, 6.45) is 2.89. The number of piperidine rings is 1. The second kappa shape index (κ2) is 8.35. The molecule has 0 N–H and O–H groups in total. The first-order valence-corrected chi connectivity index (χ1v) is 10.2. The van der Waals surface area contributed by atoms with E-state index >= 15 is 0 Å². The lowest BCUT2D eigenvalue weighted by Gasteiger charge is -2.32. The summed E-state index contributed by atoms with van der Waals surface area (Å²) in [5.74, 6) is -0.182. The Labute approximate surface area is 153 Å². The molecule has 1 atom stereocenters. The second-order valence-corrected chi connectivity index (χ2v) is 8.77. The third kappa shape index (κ3) is 5.06. The average molecular weight is 360 g/mol. The van der Waals surface area contributed by atoms with Crippen LogP contribution in [0, 0.1) is 19.7 Å². The summed E-state index contributed by atoms with van der Waals surface area (Å²) in [7, 11) is 0. The van der Waals surface area contributed by atoms with Crippen LogP contribution in [0.1, 0.15) is 29.5 Å². The van der Waals surface area contributed by atoms with Gasteiger partial charge in [-0.2, -0.15) is 0 Å². The van der Waals surface area contributed by atoms with Crippen LogP contribution in [0.15, 0.2) is 47.4 Å². The standard InChI is InChI=1S/C21H26FNOS/c1-16-13-17(2)15-21(14-16)25(24)20-8-11-23(12-9-20)10-7-18-3-5-19(22)6-4-18/h3-6,13-15,20H,7-12H2,1-2H3. The molecule has 3 rings (SSSR count). The van der Waals surface area contributed by atoms with Crippen molar-refractivity contribution in [3.63, 3.8) is 0 Å². The van der Waals surface area contributed by atoms with Gasteiger partial charge < -0.3 is 9.45 Å². The molecule has 1 aliphatic heterocycles. The molecule has 0 saturated carbocycles. The van der Waals surface area contributed by atoms with Crippen LogP contribution < -0.4 is 0 Å². The van der Waals surface area contributed by atoms with Gasteiger partial charge >= 0.3 is 0 Å². The zero-order valence-electron chi connectivity index (χ0n) is 15.0. The lowest BCUT2D eigenvalue weighted by Crippen LogP contribution is -2.40. The molecule has 0 aliphatic carbocycles. The first-order valence-electron chi connectivity index (χ1n) is 8.97. The molecule has 25 heavy (non-hydrogen) atoms. The number of rotatable bonds is 5. The Morgan fingerprint density at radius 3 is 2.24 bits per heavy atom. The van der Waals surface area contributed by atoms with E-state index in [1.54, 1.807) is 0 Å². The minimum absolute atomic E-state index is 0.182. The lowest BCUT2D eigenvalue weighted by molar-refractivity contribution is 0.232. The Bertz CT molecular complexity index is 675. The molecule has 1 fully saturated rings. The fraction of sp³-hybridized carbons (Fsp3) is 0.429. The van der Waals surface area contributed by atoms with Gasteiger partial charge in [0.2, 0.25) is 0 Å². The average Bonchev–Trinajstić information content (AvgIpc) is 2.60. The van der Waals surface area contributed by atoms with Crippen LogP contribution in [0.3, 0.4) is 0 Å². The van der Waals surface area contributed by atoms with E-state index in [4.69, 9.17) is 0 Å². The van der Waals surface area contributed by atoms with Crippen molar-refractivity contribution in [3.05, 3.63) is 65.0 Å². The monoisotopic (exact) mass is 359 g/mol. The van der Waals surface area contributed by atoms with Crippen molar-refractivity contribution in [3.8, 4) is 0 Å². The minimum atomic E-state index is -0.916. The minimum Gasteiger partial charge on any atom is -0.611 e. The van der Waals surface area contributed by atoms with Gasteiger partial charge in [0, 0.05) is 32.5 Å². The Morgan fingerprint density at radius 1 is 1.04 bits per heavy atom. The van der Waals surface area contributed by atoms with Crippen molar-refractivity contribution in [1.29, 1.82) is 0 Å². The maximum absolute atomic E-state index is 13.0. The summed E-state index contributed by atoms with van der Waals surface area (Å²) >= 11 is -0.916. The number of benzene rings is 2. The van der Waals surface area contributed by atoms with Crippen molar-refractivity contribution in [2.75, 3.05) is 19.6 Å². The van der Waals surface area contributed by atoms with Gasteiger partial charge in [0.1, 0.15) is 11.1 Å². The number of aryl methyl sites for hydroxylation is 2. The first-order chi connectivity index (χ1) is 12.0. The molecule has 0 spiro atoms. The molecule has 2 aromatic carbocycles. The Kier molecular flexibility index (Phi) is 6.15. The molecule has 0 amide bonds. The lowest BCUT2D eigenvalue weighted by atomic mass is 10.1. The van der Waals surface area contributed by atoms with E-state index in [-0.39, 0.29) is 11.1 Å². The van der Waals surface area contributed by atoms with E-state index in [1.807, 2.05) is 12.1 Å². The van der Waals surface area contributed by atoms with E-state index < -0.39 is 11.2 Å². The third-order valence-corrected chi connectivity index (χ3v) is 6.67. The van der Waals surface area contributed by atoms with Crippen LogP contribution in [0.4, 0.5) is 4.39 Å². The van der Waals surface area contributed by atoms with E-state index in [1.165, 1.54) is 28.8 Å². The molecule has 1 unspecified atom stereocenters. The molecule has 0 radical (unpaired) electrons. The van der Waals surface area contributed by atoms with E-state index in [0.29, 0.717) is 0 Å². The first kappa shape index (κ1) is 18.4. The van der Waals surface area contributed by atoms with Crippen molar-refractivity contribution < 1.29 is 8.94 Å². The molecule has 1 heterocycles. The molecule has 4 heteroatoms. The maximum Gasteiger partial charge on any atom is 0.153 e. The molecule has 134 valence electrons. The number of likely N-dealkylation sites (tertiary alicyclic amines) is 1. The maximum atomic E-state index is 13.0. The molecule has 2 nitrogen and oxygen atoms in total. The predicted molar refractivity (Wildman–Crippen MR) is 102 cm³/mol. The molecule has 0 aromatic heterocycles. The van der Waals surface area contributed by atoms with Crippen LogP contribution in [0.2, 0.25) is 0 Å². The SMILES string of the molecule is Cc1cc(C)cc([S+]([O-])C2CCN(CCc3ccc(F)cc3)CC2)c1. The van der Waals surface area contributed by atoms with E-state index in [0.717, 1.165) is 43.8 Å². The molecular weight excluding hydrogens is 333 g/mol. The Balaban J connectivity index is 1.50. The fourth-order valence-electron chi connectivity index (χ4n) is 3.53. The molecule has 1 saturated heterocycles. The summed E-state index contributed by atoms with van der Waals surface area (Å²) in [4.78, 5) is 3.40. The van der Waals surface area contributed by atoms with Gasteiger partial charge in [-0.05, 0) is 72.4 Å². The van der Waals surface area contributed by atoms with Gasteiger partial charge in [-0.1, -0.05) is 18.2 Å². The van der Waals surface area contributed by atoms with Gasteiger partial charge in [-0.3, -0.25) is 0 Å². The molecule has 2 aromatic rings. The van der Waals surface area contributed by atoms with Crippen LogP contribution in [-0.2, 0) is 17.6 Å². The largest absolute Gasteiger partial charge is 0.611 e. The highest BCUT2D eigenvalue weighted by Crippen LogP contribution is 2.26. The van der Waals surface area contributed by atoms with E-state index in [2.05, 4.69) is 36.9 Å². The zero-order valence-corrected chi connectivity index (χ0v) is 15.8. The topological polar surface area (TPSA) is 26.3 Å². The summed E-state index contributed by atoms with van der Waals surface area (Å²) < 4.78 is 25.8.